The number of nitrogens with one attached hydrogen (secondary N) is 1. The summed E-state index contributed by atoms with van der Waals surface area (Å²) in [5.74, 6) is 0.799. The average Bonchev–Trinajstić information content (AvgIpc) is 3.21. The van der Waals surface area contributed by atoms with Crippen LogP contribution in [0.4, 0.5) is 5.69 Å². The van der Waals surface area contributed by atoms with Gasteiger partial charge in [-0.1, -0.05) is 23.7 Å². The number of hydrogen-bond acceptors (Lipinski definition) is 6. The van der Waals surface area contributed by atoms with E-state index < -0.39 is 11.5 Å². The van der Waals surface area contributed by atoms with Crippen molar-refractivity contribution in [1.29, 1.82) is 0 Å². The van der Waals surface area contributed by atoms with Gasteiger partial charge in [0.2, 0.25) is 5.91 Å². The molecule has 1 amide bonds. The van der Waals surface area contributed by atoms with Crippen LogP contribution in [-0.4, -0.2) is 38.5 Å². The molecule has 3 heterocycles. The van der Waals surface area contributed by atoms with E-state index in [4.69, 9.17) is 21.1 Å². The predicted molar refractivity (Wildman–Crippen MR) is 114 cm³/mol. The summed E-state index contributed by atoms with van der Waals surface area (Å²) in [4.78, 5) is 25.3. The third-order valence-corrected chi connectivity index (χ3v) is 5.00. The minimum atomic E-state index is -0.424. The Hall–Kier alpha value is -3.85. The Balaban J connectivity index is 1.36. The molecule has 0 unspecified atom stereocenters. The summed E-state index contributed by atoms with van der Waals surface area (Å²) in [5.41, 5.74) is 1.85. The van der Waals surface area contributed by atoms with Crippen LogP contribution < -0.4 is 20.3 Å². The SMILES string of the molecule is O=C(Cn1ncn2nc(-c3ccc(Cl)cc3)cc2c1=O)Nc1ccc2c(c1)OCCO2. The van der Waals surface area contributed by atoms with E-state index in [9.17, 15) is 9.59 Å². The minimum absolute atomic E-state index is 0.245. The lowest BCUT2D eigenvalue weighted by atomic mass is 10.1. The zero-order valence-electron chi connectivity index (χ0n) is 16.1. The molecule has 4 aromatic rings. The van der Waals surface area contributed by atoms with Gasteiger partial charge < -0.3 is 14.8 Å². The van der Waals surface area contributed by atoms with Gasteiger partial charge in [0.25, 0.3) is 5.56 Å². The maximum absolute atomic E-state index is 12.8. The smallest absolute Gasteiger partial charge is 0.293 e. The Morgan fingerprint density at radius 1 is 1.06 bits per heavy atom. The van der Waals surface area contributed by atoms with Crippen molar-refractivity contribution in [3.8, 4) is 22.8 Å². The third kappa shape index (κ3) is 3.82. The number of hydrogen-bond donors (Lipinski definition) is 1. The van der Waals surface area contributed by atoms with Crippen molar-refractivity contribution >= 4 is 28.7 Å². The lowest BCUT2D eigenvalue weighted by molar-refractivity contribution is -0.117. The standard InChI is InChI=1S/C21H16ClN5O4/c22-14-3-1-13(2-4-14)16-10-17-21(29)26(23-12-27(17)25-16)11-20(28)24-15-5-6-18-19(9-15)31-8-7-30-18/h1-6,9-10,12H,7-8,11H2,(H,24,28). The largest absolute Gasteiger partial charge is 0.486 e. The van der Waals surface area contributed by atoms with Crippen molar-refractivity contribution in [3.05, 3.63) is 70.2 Å². The summed E-state index contributed by atoms with van der Waals surface area (Å²) in [6.07, 6.45) is 1.40. The summed E-state index contributed by atoms with van der Waals surface area (Å²) < 4.78 is 13.5. The quantitative estimate of drug-likeness (QED) is 0.527. The van der Waals surface area contributed by atoms with Crippen molar-refractivity contribution in [2.24, 2.45) is 0 Å². The summed E-state index contributed by atoms with van der Waals surface area (Å²) >= 11 is 5.93. The normalized spacial score (nSPS) is 12.7. The number of aromatic nitrogens is 4. The van der Waals surface area contributed by atoms with Gasteiger partial charge in [-0.3, -0.25) is 9.59 Å². The zero-order valence-corrected chi connectivity index (χ0v) is 16.9. The third-order valence-electron chi connectivity index (χ3n) is 4.75. The van der Waals surface area contributed by atoms with Crippen LogP contribution in [0.2, 0.25) is 5.02 Å². The molecule has 0 fully saturated rings. The highest BCUT2D eigenvalue weighted by atomic mass is 35.5. The van der Waals surface area contributed by atoms with Crippen molar-refractivity contribution in [3.63, 3.8) is 0 Å². The molecule has 1 aliphatic rings. The van der Waals surface area contributed by atoms with E-state index in [1.807, 2.05) is 12.1 Å². The molecule has 0 atom stereocenters. The predicted octanol–water partition coefficient (Wildman–Crippen LogP) is 2.62. The Morgan fingerprint density at radius 2 is 1.84 bits per heavy atom. The molecule has 0 spiro atoms. The molecule has 156 valence electrons. The first-order chi connectivity index (χ1) is 15.1. The summed E-state index contributed by atoms with van der Waals surface area (Å²) in [6.45, 7) is 0.697. The van der Waals surface area contributed by atoms with E-state index in [0.29, 0.717) is 46.6 Å². The molecule has 0 aliphatic carbocycles. The fraction of sp³-hybridized carbons (Fsp3) is 0.143. The van der Waals surface area contributed by atoms with E-state index in [1.54, 1.807) is 36.4 Å². The molecule has 10 heteroatoms. The minimum Gasteiger partial charge on any atom is -0.486 e. The van der Waals surface area contributed by atoms with Gasteiger partial charge in [0, 0.05) is 22.3 Å². The van der Waals surface area contributed by atoms with Crippen LogP contribution in [0, 0.1) is 0 Å². The Morgan fingerprint density at radius 3 is 2.65 bits per heavy atom. The Labute approximate surface area is 180 Å². The molecule has 1 N–H and O–H groups in total. The van der Waals surface area contributed by atoms with Crippen LogP contribution in [-0.2, 0) is 11.3 Å². The summed E-state index contributed by atoms with van der Waals surface area (Å²) in [6, 6.07) is 13.9. The van der Waals surface area contributed by atoms with E-state index in [2.05, 4.69) is 15.5 Å². The first-order valence-corrected chi connectivity index (χ1v) is 9.85. The van der Waals surface area contributed by atoms with E-state index >= 15 is 0 Å². The second kappa shape index (κ2) is 7.77. The molecule has 0 saturated heterocycles. The Kier molecular flexibility index (Phi) is 4.79. The van der Waals surface area contributed by atoms with Crippen LogP contribution >= 0.6 is 11.6 Å². The van der Waals surface area contributed by atoms with Crippen LogP contribution in [0.3, 0.4) is 0 Å². The molecular weight excluding hydrogens is 422 g/mol. The van der Waals surface area contributed by atoms with E-state index in [1.165, 1.54) is 10.8 Å². The van der Waals surface area contributed by atoms with Crippen molar-refractivity contribution in [1.82, 2.24) is 19.4 Å². The van der Waals surface area contributed by atoms with Gasteiger partial charge in [0.05, 0.1) is 5.69 Å². The van der Waals surface area contributed by atoms with Gasteiger partial charge in [-0.25, -0.2) is 9.20 Å². The fourth-order valence-electron chi connectivity index (χ4n) is 3.27. The summed E-state index contributed by atoms with van der Waals surface area (Å²) in [5, 5.41) is 11.8. The van der Waals surface area contributed by atoms with Crippen molar-refractivity contribution < 1.29 is 14.3 Å². The molecule has 0 saturated carbocycles. The molecule has 5 rings (SSSR count). The number of amides is 1. The van der Waals surface area contributed by atoms with E-state index in [-0.39, 0.29) is 6.54 Å². The van der Waals surface area contributed by atoms with Gasteiger partial charge in [-0.2, -0.15) is 10.2 Å². The number of rotatable bonds is 4. The van der Waals surface area contributed by atoms with Gasteiger partial charge in [-0.05, 0) is 30.3 Å². The van der Waals surface area contributed by atoms with Crippen LogP contribution in [0.25, 0.3) is 16.8 Å². The maximum atomic E-state index is 12.8. The molecule has 31 heavy (non-hydrogen) atoms. The highest BCUT2D eigenvalue weighted by Gasteiger charge is 2.15. The number of anilines is 1. The molecular formula is C21H16ClN5O4. The first-order valence-electron chi connectivity index (χ1n) is 9.48. The highest BCUT2D eigenvalue weighted by molar-refractivity contribution is 6.30. The van der Waals surface area contributed by atoms with Crippen LogP contribution in [0.5, 0.6) is 11.5 Å². The average molecular weight is 438 g/mol. The monoisotopic (exact) mass is 437 g/mol. The fourth-order valence-corrected chi connectivity index (χ4v) is 3.40. The van der Waals surface area contributed by atoms with Gasteiger partial charge in [0.1, 0.15) is 31.6 Å². The number of carbonyl (C=O) groups is 1. The zero-order chi connectivity index (χ0) is 21.4. The van der Waals surface area contributed by atoms with Crippen LogP contribution in [0.1, 0.15) is 0 Å². The number of nitrogens with zero attached hydrogens (tertiary/aromatic N) is 4. The number of ether oxygens (including phenoxy) is 2. The van der Waals surface area contributed by atoms with Gasteiger partial charge >= 0.3 is 0 Å². The molecule has 0 bridgehead atoms. The topological polar surface area (TPSA) is 99.8 Å². The summed E-state index contributed by atoms with van der Waals surface area (Å²) in [7, 11) is 0. The highest BCUT2D eigenvalue weighted by Crippen LogP contribution is 2.32. The first kappa shape index (κ1) is 19.1. The maximum Gasteiger partial charge on any atom is 0.293 e. The number of fused-ring (bicyclic) bond motifs is 2. The lowest BCUT2D eigenvalue weighted by Gasteiger charge is -2.19. The van der Waals surface area contributed by atoms with Gasteiger partial charge in [0.15, 0.2) is 11.5 Å². The number of carbonyl (C=O) groups excluding carboxylic acids is 1. The van der Waals surface area contributed by atoms with Crippen molar-refractivity contribution in [2.75, 3.05) is 18.5 Å². The molecule has 0 radical (unpaired) electrons. The van der Waals surface area contributed by atoms with E-state index in [0.717, 1.165) is 10.2 Å². The molecule has 1 aliphatic heterocycles. The molecule has 9 nitrogen and oxygen atoms in total. The second-order valence-electron chi connectivity index (χ2n) is 6.87. The molecule has 2 aromatic heterocycles. The second-order valence-corrected chi connectivity index (χ2v) is 7.30. The van der Waals surface area contributed by atoms with Crippen LogP contribution in [0.15, 0.2) is 59.7 Å². The molecule has 2 aromatic carbocycles. The number of benzene rings is 2. The van der Waals surface area contributed by atoms with Crippen molar-refractivity contribution in [2.45, 2.75) is 6.54 Å². The van der Waals surface area contributed by atoms with Gasteiger partial charge in [-0.15, -0.1) is 0 Å². The lowest BCUT2D eigenvalue weighted by Crippen LogP contribution is -2.30. The Bertz CT molecular complexity index is 1350. The number of halogens is 1.